The van der Waals surface area contributed by atoms with Gasteiger partial charge in [-0.1, -0.05) is 42.7 Å². The molecule has 1 aromatic rings. The van der Waals surface area contributed by atoms with Gasteiger partial charge in [-0.3, -0.25) is 0 Å². The summed E-state index contributed by atoms with van der Waals surface area (Å²) < 4.78 is 0. The molecule has 0 aromatic heterocycles. The van der Waals surface area contributed by atoms with Gasteiger partial charge in [0.05, 0.1) is 0 Å². The summed E-state index contributed by atoms with van der Waals surface area (Å²) in [7, 11) is 0. The second-order valence-electron chi connectivity index (χ2n) is 5.19. The van der Waals surface area contributed by atoms with Gasteiger partial charge in [0, 0.05) is 17.2 Å². The van der Waals surface area contributed by atoms with Crippen molar-refractivity contribution in [3.8, 4) is 0 Å². The predicted octanol–water partition coefficient (Wildman–Crippen LogP) is 5.11. The van der Waals surface area contributed by atoms with E-state index in [0.29, 0.717) is 11.8 Å². The molecular formula is C15H22Cl2. The third-order valence-corrected chi connectivity index (χ3v) is 4.34. The van der Waals surface area contributed by atoms with Gasteiger partial charge in [-0.15, -0.1) is 23.2 Å². The average molecular weight is 273 g/mol. The summed E-state index contributed by atoms with van der Waals surface area (Å²) in [5.74, 6) is 1.27. The van der Waals surface area contributed by atoms with Crippen LogP contribution in [-0.2, 0) is 6.42 Å². The third-order valence-electron chi connectivity index (χ3n) is 3.21. The lowest BCUT2D eigenvalue weighted by Gasteiger charge is -2.29. The second-order valence-corrected chi connectivity index (χ2v) is 5.72. The maximum absolute atomic E-state index is 6.15. The van der Waals surface area contributed by atoms with Gasteiger partial charge in [-0.2, -0.15) is 0 Å². The summed E-state index contributed by atoms with van der Waals surface area (Å²) in [5.41, 5.74) is 4.04. The lowest BCUT2D eigenvalue weighted by Crippen LogP contribution is -2.28. The number of hydrogen-bond acceptors (Lipinski definition) is 0. The van der Waals surface area contributed by atoms with Crippen molar-refractivity contribution in [2.45, 2.75) is 40.0 Å². The Morgan fingerprint density at radius 3 is 1.94 bits per heavy atom. The molecular weight excluding hydrogens is 251 g/mol. The van der Waals surface area contributed by atoms with Crippen molar-refractivity contribution in [3.05, 3.63) is 34.9 Å². The normalized spacial score (nSPS) is 11.8. The lowest BCUT2D eigenvalue weighted by molar-refractivity contribution is 0.341. The maximum atomic E-state index is 6.15. The zero-order valence-corrected chi connectivity index (χ0v) is 12.5. The van der Waals surface area contributed by atoms with Crippen molar-refractivity contribution >= 4 is 23.2 Å². The Hall–Kier alpha value is -0.200. The number of hydrogen-bond donors (Lipinski definition) is 0. The molecule has 0 bridgehead atoms. The molecule has 0 saturated carbocycles. The van der Waals surface area contributed by atoms with Crippen LogP contribution in [0.3, 0.4) is 0 Å². The molecule has 0 aliphatic heterocycles. The van der Waals surface area contributed by atoms with Gasteiger partial charge in [0.1, 0.15) is 0 Å². The highest BCUT2D eigenvalue weighted by Gasteiger charge is 2.27. The number of alkyl halides is 2. The van der Waals surface area contributed by atoms with E-state index in [1.165, 1.54) is 16.7 Å². The van der Waals surface area contributed by atoms with E-state index < -0.39 is 0 Å². The Morgan fingerprint density at radius 1 is 1.00 bits per heavy atom. The van der Waals surface area contributed by atoms with Crippen molar-refractivity contribution in [1.82, 2.24) is 0 Å². The number of halogens is 2. The van der Waals surface area contributed by atoms with E-state index in [2.05, 4.69) is 39.0 Å². The van der Waals surface area contributed by atoms with Crippen LogP contribution in [0.15, 0.2) is 18.2 Å². The summed E-state index contributed by atoms with van der Waals surface area (Å²) in [6, 6.07) is 6.69. The highest BCUT2D eigenvalue weighted by molar-refractivity contribution is 6.21. The van der Waals surface area contributed by atoms with Gasteiger partial charge >= 0.3 is 0 Å². The quantitative estimate of drug-likeness (QED) is 0.632. The van der Waals surface area contributed by atoms with Crippen molar-refractivity contribution < 1.29 is 0 Å². The summed E-state index contributed by atoms with van der Waals surface area (Å²) in [6.07, 6.45) is 3.20. The molecule has 0 heterocycles. The molecule has 0 spiro atoms. The van der Waals surface area contributed by atoms with Crippen molar-refractivity contribution in [2.24, 2.45) is 5.41 Å². The van der Waals surface area contributed by atoms with Crippen LogP contribution in [0.25, 0.3) is 0 Å². The van der Waals surface area contributed by atoms with E-state index in [1.807, 2.05) is 0 Å². The van der Waals surface area contributed by atoms with Crippen LogP contribution in [-0.4, -0.2) is 11.8 Å². The first-order valence-electron chi connectivity index (χ1n) is 6.24. The molecule has 0 fully saturated rings. The fourth-order valence-corrected chi connectivity index (χ4v) is 3.23. The molecule has 17 heavy (non-hydrogen) atoms. The van der Waals surface area contributed by atoms with E-state index in [0.717, 1.165) is 19.3 Å². The molecule has 0 amide bonds. The fraction of sp³-hybridized carbons (Fsp3) is 0.600. The number of rotatable bonds is 6. The van der Waals surface area contributed by atoms with Crippen LogP contribution in [0.2, 0.25) is 0 Å². The Bertz CT molecular complexity index is 334. The van der Waals surface area contributed by atoms with E-state index in [1.54, 1.807) is 0 Å². The molecule has 96 valence electrons. The first-order valence-corrected chi connectivity index (χ1v) is 7.31. The molecule has 0 nitrogen and oxygen atoms in total. The third kappa shape index (κ3) is 4.19. The molecule has 0 atom stereocenters. The Kier molecular flexibility index (Phi) is 5.82. The van der Waals surface area contributed by atoms with Crippen LogP contribution in [0.4, 0.5) is 0 Å². The average Bonchev–Trinajstić information content (AvgIpc) is 2.27. The van der Waals surface area contributed by atoms with Gasteiger partial charge in [0.15, 0.2) is 0 Å². The SMILES string of the molecule is CCCC(CCl)(CCl)Cc1cc(C)cc(C)c1. The van der Waals surface area contributed by atoms with E-state index in [4.69, 9.17) is 23.2 Å². The second kappa shape index (κ2) is 6.66. The zero-order valence-electron chi connectivity index (χ0n) is 11.0. The molecule has 0 aliphatic carbocycles. The van der Waals surface area contributed by atoms with Crippen molar-refractivity contribution in [2.75, 3.05) is 11.8 Å². The minimum absolute atomic E-state index is 0.0537. The Morgan fingerprint density at radius 2 is 1.53 bits per heavy atom. The van der Waals surface area contributed by atoms with Crippen LogP contribution in [0, 0.1) is 19.3 Å². The monoisotopic (exact) mass is 272 g/mol. The van der Waals surface area contributed by atoms with Gasteiger partial charge in [-0.25, -0.2) is 0 Å². The summed E-state index contributed by atoms with van der Waals surface area (Å²) in [4.78, 5) is 0. The van der Waals surface area contributed by atoms with Crippen LogP contribution >= 0.6 is 23.2 Å². The highest BCUT2D eigenvalue weighted by atomic mass is 35.5. The summed E-state index contributed by atoms with van der Waals surface area (Å²) >= 11 is 12.3. The van der Waals surface area contributed by atoms with Crippen LogP contribution in [0.1, 0.15) is 36.5 Å². The lowest BCUT2D eigenvalue weighted by atomic mass is 9.81. The first kappa shape index (κ1) is 14.9. The molecule has 0 saturated heterocycles. The molecule has 0 aliphatic rings. The van der Waals surface area contributed by atoms with Gasteiger partial charge in [0.25, 0.3) is 0 Å². The fourth-order valence-electron chi connectivity index (χ4n) is 2.49. The Labute approximate surface area is 115 Å². The molecule has 1 rings (SSSR count). The van der Waals surface area contributed by atoms with E-state index >= 15 is 0 Å². The highest BCUT2D eigenvalue weighted by Crippen LogP contribution is 2.32. The van der Waals surface area contributed by atoms with Gasteiger partial charge in [0.2, 0.25) is 0 Å². The largest absolute Gasteiger partial charge is 0.126 e. The number of aryl methyl sites for hydroxylation is 2. The van der Waals surface area contributed by atoms with E-state index in [9.17, 15) is 0 Å². The standard InChI is InChI=1S/C15H22Cl2/c1-4-5-15(10-16,11-17)9-14-7-12(2)6-13(3)8-14/h6-8H,4-5,9-11H2,1-3H3. The summed E-state index contributed by atoms with van der Waals surface area (Å²) in [5, 5.41) is 0. The minimum atomic E-state index is 0.0537. The summed E-state index contributed by atoms with van der Waals surface area (Å²) in [6.45, 7) is 6.47. The van der Waals surface area contributed by atoms with Crippen molar-refractivity contribution in [1.29, 1.82) is 0 Å². The van der Waals surface area contributed by atoms with Gasteiger partial charge < -0.3 is 0 Å². The number of benzene rings is 1. The van der Waals surface area contributed by atoms with Gasteiger partial charge in [-0.05, 0) is 32.3 Å². The smallest absolute Gasteiger partial charge is 0.0294 e. The van der Waals surface area contributed by atoms with Crippen LogP contribution in [0.5, 0.6) is 0 Å². The molecule has 0 radical (unpaired) electrons. The Balaban J connectivity index is 2.92. The maximum Gasteiger partial charge on any atom is 0.0294 e. The minimum Gasteiger partial charge on any atom is -0.126 e. The molecule has 0 N–H and O–H groups in total. The topological polar surface area (TPSA) is 0 Å². The molecule has 1 aromatic carbocycles. The zero-order chi connectivity index (χ0) is 12.9. The predicted molar refractivity (Wildman–Crippen MR) is 78.4 cm³/mol. The molecule has 2 heteroatoms. The van der Waals surface area contributed by atoms with E-state index in [-0.39, 0.29) is 5.41 Å². The van der Waals surface area contributed by atoms with Crippen LogP contribution < -0.4 is 0 Å². The van der Waals surface area contributed by atoms with Crippen molar-refractivity contribution in [3.63, 3.8) is 0 Å². The first-order chi connectivity index (χ1) is 8.05. The molecule has 0 unspecified atom stereocenters.